The number of hydrogen-bond acceptors (Lipinski definition) is 6. The van der Waals surface area contributed by atoms with E-state index in [2.05, 4.69) is 39.3 Å². The minimum Gasteiger partial charge on any atom is -0.480 e. The molecule has 1 N–H and O–H groups in total. The summed E-state index contributed by atoms with van der Waals surface area (Å²) in [7, 11) is 1.57. The highest BCUT2D eigenvalue weighted by molar-refractivity contribution is 5.52. The van der Waals surface area contributed by atoms with E-state index in [-0.39, 0.29) is 5.41 Å². The van der Waals surface area contributed by atoms with E-state index in [0.29, 0.717) is 17.4 Å². The highest BCUT2D eigenvalue weighted by atomic mass is 16.5. The third-order valence-corrected chi connectivity index (χ3v) is 3.11. The molecule has 7 nitrogen and oxygen atoms in total. The molecule has 19 heavy (non-hydrogen) atoms. The zero-order valence-electron chi connectivity index (χ0n) is 11.2. The van der Waals surface area contributed by atoms with Crippen molar-refractivity contribution in [2.24, 2.45) is 5.41 Å². The Balaban J connectivity index is 2.04. The van der Waals surface area contributed by atoms with E-state index in [1.165, 1.54) is 0 Å². The summed E-state index contributed by atoms with van der Waals surface area (Å²) >= 11 is 0. The van der Waals surface area contributed by atoms with Crippen molar-refractivity contribution in [3.8, 4) is 17.4 Å². The van der Waals surface area contributed by atoms with Gasteiger partial charge in [-0.05, 0) is 0 Å². The van der Waals surface area contributed by atoms with Crippen molar-refractivity contribution in [1.29, 1.82) is 0 Å². The SMILES string of the molecule is COc1cncc(-c2nnc3n2CC(C)(C)CN3)n1. The summed E-state index contributed by atoms with van der Waals surface area (Å²) in [5, 5.41) is 11.6. The van der Waals surface area contributed by atoms with Crippen LogP contribution in [0, 0.1) is 5.41 Å². The number of ether oxygens (including phenoxy) is 1. The van der Waals surface area contributed by atoms with Gasteiger partial charge in [0.25, 0.3) is 0 Å². The first kappa shape index (κ1) is 11.9. The Morgan fingerprint density at radius 1 is 1.32 bits per heavy atom. The molecular formula is C12H16N6O. The lowest BCUT2D eigenvalue weighted by molar-refractivity contribution is 0.311. The van der Waals surface area contributed by atoms with Crippen molar-refractivity contribution in [3.63, 3.8) is 0 Å². The molecule has 0 bridgehead atoms. The Morgan fingerprint density at radius 3 is 2.95 bits per heavy atom. The lowest BCUT2D eigenvalue weighted by atomic mass is 9.92. The molecule has 0 saturated carbocycles. The van der Waals surface area contributed by atoms with E-state index in [1.807, 2.05) is 4.57 Å². The Labute approximate surface area is 111 Å². The molecular weight excluding hydrogens is 244 g/mol. The number of nitrogens with zero attached hydrogens (tertiary/aromatic N) is 5. The van der Waals surface area contributed by atoms with E-state index in [4.69, 9.17) is 4.74 Å². The molecule has 100 valence electrons. The summed E-state index contributed by atoms with van der Waals surface area (Å²) in [6.07, 6.45) is 3.24. The van der Waals surface area contributed by atoms with Gasteiger partial charge in [0, 0.05) is 18.5 Å². The van der Waals surface area contributed by atoms with Crippen LogP contribution in [-0.2, 0) is 6.54 Å². The summed E-state index contributed by atoms with van der Waals surface area (Å²) < 4.78 is 7.13. The van der Waals surface area contributed by atoms with E-state index in [1.54, 1.807) is 19.5 Å². The molecule has 2 aromatic rings. The Morgan fingerprint density at radius 2 is 2.16 bits per heavy atom. The number of anilines is 1. The largest absolute Gasteiger partial charge is 0.480 e. The molecule has 0 unspecified atom stereocenters. The Bertz CT molecular complexity index is 606. The van der Waals surface area contributed by atoms with Crippen LogP contribution < -0.4 is 10.1 Å². The van der Waals surface area contributed by atoms with Crippen LogP contribution in [-0.4, -0.2) is 38.4 Å². The van der Waals surface area contributed by atoms with Crippen molar-refractivity contribution >= 4 is 5.95 Å². The molecule has 3 rings (SSSR count). The number of methoxy groups -OCH3 is 1. The highest BCUT2D eigenvalue weighted by Gasteiger charge is 2.28. The molecule has 0 atom stereocenters. The predicted molar refractivity (Wildman–Crippen MR) is 69.9 cm³/mol. The van der Waals surface area contributed by atoms with Gasteiger partial charge in [0.15, 0.2) is 5.82 Å². The van der Waals surface area contributed by atoms with Crippen LogP contribution >= 0.6 is 0 Å². The maximum Gasteiger partial charge on any atom is 0.232 e. The maximum absolute atomic E-state index is 5.09. The molecule has 0 spiro atoms. The molecule has 1 aliphatic heterocycles. The summed E-state index contributed by atoms with van der Waals surface area (Å²) in [5.74, 6) is 1.96. The van der Waals surface area contributed by atoms with Gasteiger partial charge in [-0.1, -0.05) is 13.8 Å². The fourth-order valence-corrected chi connectivity index (χ4v) is 2.13. The highest BCUT2D eigenvalue weighted by Crippen LogP contribution is 2.29. The normalized spacial score (nSPS) is 16.6. The molecule has 0 fully saturated rings. The summed E-state index contributed by atoms with van der Waals surface area (Å²) in [4.78, 5) is 8.46. The number of aromatic nitrogens is 5. The van der Waals surface area contributed by atoms with E-state index < -0.39 is 0 Å². The van der Waals surface area contributed by atoms with Crippen LogP contribution in [0.3, 0.4) is 0 Å². The second-order valence-corrected chi connectivity index (χ2v) is 5.40. The zero-order chi connectivity index (χ0) is 13.5. The maximum atomic E-state index is 5.09. The van der Waals surface area contributed by atoms with Crippen molar-refractivity contribution in [2.75, 3.05) is 19.0 Å². The molecule has 0 saturated heterocycles. The third kappa shape index (κ3) is 2.11. The molecule has 7 heteroatoms. The van der Waals surface area contributed by atoms with Crippen molar-refractivity contribution in [1.82, 2.24) is 24.7 Å². The molecule has 0 radical (unpaired) electrons. The quantitative estimate of drug-likeness (QED) is 0.874. The number of fused-ring (bicyclic) bond motifs is 1. The van der Waals surface area contributed by atoms with Crippen molar-refractivity contribution in [3.05, 3.63) is 12.4 Å². The number of hydrogen-bond donors (Lipinski definition) is 1. The fraction of sp³-hybridized carbons (Fsp3) is 0.500. The van der Waals surface area contributed by atoms with Gasteiger partial charge in [0.2, 0.25) is 11.8 Å². The minimum atomic E-state index is 0.149. The monoisotopic (exact) mass is 260 g/mol. The van der Waals surface area contributed by atoms with Gasteiger partial charge in [0.05, 0.1) is 19.5 Å². The zero-order valence-corrected chi connectivity index (χ0v) is 11.2. The first-order chi connectivity index (χ1) is 9.09. The lowest BCUT2D eigenvalue weighted by Gasteiger charge is -2.31. The van der Waals surface area contributed by atoms with Crippen LogP contribution in [0.1, 0.15) is 13.8 Å². The van der Waals surface area contributed by atoms with Crippen molar-refractivity contribution in [2.45, 2.75) is 20.4 Å². The van der Waals surface area contributed by atoms with Crippen LogP contribution in [0.4, 0.5) is 5.95 Å². The molecule has 0 amide bonds. The first-order valence-electron chi connectivity index (χ1n) is 6.12. The number of nitrogens with one attached hydrogen (secondary N) is 1. The average molecular weight is 260 g/mol. The Kier molecular flexibility index (Phi) is 2.62. The first-order valence-corrected chi connectivity index (χ1v) is 6.12. The second kappa shape index (κ2) is 4.18. The molecule has 0 aromatic carbocycles. The van der Waals surface area contributed by atoms with E-state index >= 15 is 0 Å². The van der Waals surface area contributed by atoms with Crippen LogP contribution in [0.2, 0.25) is 0 Å². The van der Waals surface area contributed by atoms with Gasteiger partial charge < -0.3 is 10.1 Å². The molecule has 2 aromatic heterocycles. The summed E-state index contributed by atoms with van der Waals surface area (Å²) in [6.45, 7) is 6.12. The topological polar surface area (TPSA) is 77.8 Å². The van der Waals surface area contributed by atoms with Gasteiger partial charge in [-0.15, -0.1) is 10.2 Å². The molecule has 0 aliphatic carbocycles. The van der Waals surface area contributed by atoms with Crippen LogP contribution in [0.25, 0.3) is 11.5 Å². The molecule has 1 aliphatic rings. The summed E-state index contributed by atoms with van der Waals surface area (Å²) in [5.41, 5.74) is 0.814. The predicted octanol–water partition coefficient (Wildman–Crippen LogP) is 1.20. The van der Waals surface area contributed by atoms with Gasteiger partial charge in [-0.25, -0.2) is 4.98 Å². The van der Waals surface area contributed by atoms with Crippen LogP contribution in [0.15, 0.2) is 12.4 Å². The van der Waals surface area contributed by atoms with E-state index in [0.717, 1.165) is 19.0 Å². The van der Waals surface area contributed by atoms with Gasteiger partial charge in [-0.2, -0.15) is 0 Å². The Hall–Kier alpha value is -2.18. The van der Waals surface area contributed by atoms with E-state index in [9.17, 15) is 0 Å². The summed E-state index contributed by atoms with van der Waals surface area (Å²) in [6, 6.07) is 0. The lowest BCUT2D eigenvalue weighted by Crippen LogP contribution is -2.34. The minimum absolute atomic E-state index is 0.149. The average Bonchev–Trinajstić information content (AvgIpc) is 2.80. The van der Waals surface area contributed by atoms with Crippen LogP contribution in [0.5, 0.6) is 5.88 Å². The van der Waals surface area contributed by atoms with Gasteiger partial charge in [0.1, 0.15) is 5.69 Å². The standard InChI is InChI=1S/C12H16N6O/c1-12(2)6-14-11-17-16-10(18(11)7-12)8-4-13-5-9(15-8)19-3/h4-5H,6-7H2,1-3H3,(H,14,17). The number of rotatable bonds is 2. The third-order valence-electron chi connectivity index (χ3n) is 3.11. The smallest absolute Gasteiger partial charge is 0.232 e. The fourth-order valence-electron chi connectivity index (χ4n) is 2.13. The second-order valence-electron chi connectivity index (χ2n) is 5.40. The molecule has 3 heterocycles. The van der Waals surface area contributed by atoms with Gasteiger partial charge >= 0.3 is 0 Å². The van der Waals surface area contributed by atoms with Gasteiger partial charge in [-0.3, -0.25) is 9.55 Å². The van der Waals surface area contributed by atoms with Crippen molar-refractivity contribution < 1.29 is 4.74 Å².